The lowest BCUT2D eigenvalue weighted by Gasteiger charge is -2.14. The van der Waals surface area contributed by atoms with E-state index in [0.29, 0.717) is 39.6 Å². The molecule has 0 aliphatic rings. The number of ether oxygens (including phenoxy) is 3. The van der Waals surface area contributed by atoms with Crippen LogP contribution in [0.2, 0.25) is 0 Å². The number of nitrogens with one attached hydrogen (secondary N) is 1. The number of hydrogen-bond acceptors (Lipinski definition) is 4. The Morgan fingerprint density at radius 3 is 2.24 bits per heavy atom. The summed E-state index contributed by atoms with van der Waals surface area (Å²) in [5.74, 6) is 0. The number of halogens is 3. The molecule has 0 unspecified atom stereocenters. The van der Waals surface area contributed by atoms with E-state index in [1.807, 2.05) is 0 Å². The fraction of sp³-hybridized carbons (Fsp3) is 0.571. The van der Waals surface area contributed by atoms with E-state index in [1.165, 1.54) is 12.1 Å². The number of alkyl halides is 3. The minimum atomic E-state index is -4.36. The summed E-state index contributed by atoms with van der Waals surface area (Å²) in [6.45, 7) is 2.45. The van der Waals surface area contributed by atoms with Gasteiger partial charge in [-0.25, -0.2) is 0 Å². The number of rotatable bonds is 10. The molecule has 0 aliphatic carbocycles. The van der Waals surface area contributed by atoms with Crippen molar-refractivity contribution in [1.29, 1.82) is 0 Å². The van der Waals surface area contributed by atoms with Crippen molar-refractivity contribution in [2.75, 3.05) is 52.0 Å². The fourth-order valence-corrected chi connectivity index (χ4v) is 1.61. The van der Waals surface area contributed by atoms with Gasteiger partial charge in [0.25, 0.3) is 0 Å². The van der Waals surface area contributed by atoms with Gasteiger partial charge in [-0.3, -0.25) is 0 Å². The second-order valence-corrected chi connectivity index (χ2v) is 4.19. The Bertz CT molecular complexity index is 399. The summed E-state index contributed by atoms with van der Waals surface area (Å²) < 4.78 is 53.4. The van der Waals surface area contributed by atoms with Crippen LogP contribution in [0.4, 0.5) is 18.9 Å². The van der Waals surface area contributed by atoms with Gasteiger partial charge in [0.15, 0.2) is 0 Å². The Balaban J connectivity index is 2.19. The molecule has 0 fully saturated rings. The van der Waals surface area contributed by atoms with Crippen molar-refractivity contribution in [3.63, 3.8) is 0 Å². The minimum absolute atomic E-state index is 0.0601. The molecule has 0 saturated heterocycles. The van der Waals surface area contributed by atoms with Crippen LogP contribution in [-0.2, 0) is 20.4 Å². The third-order valence-electron chi connectivity index (χ3n) is 2.60. The molecule has 1 aromatic carbocycles. The number of hydrogen-bond donors (Lipinski definition) is 1. The molecule has 0 saturated carbocycles. The molecule has 0 aliphatic heterocycles. The largest absolute Gasteiger partial charge is 0.418 e. The summed E-state index contributed by atoms with van der Waals surface area (Å²) in [6, 6.07) is 5.37. The van der Waals surface area contributed by atoms with Gasteiger partial charge in [0, 0.05) is 19.3 Å². The molecular weight excluding hydrogens is 287 g/mol. The van der Waals surface area contributed by atoms with Crippen molar-refractivity contribution < 1.29 is 27.4 Å². The SMILES string of the molecule is COCCOCCOCCNc1ccccc1C(F)(F)F. The summed E-state index contributed by atoms with van der Waals surface area (Å²) in [5, 5.41) is 2.73. The molecule has 1 N–H and O–H groups in total. The van der Waals surface area contributed by atoms with Crippen LogP contribution < -0.4 is 5.32 Å². The zero-order chi connectivity index (χ0) is 15.6. The standard InChI is InChI=1S/C14H20F3NO3/c1-19-8-9-21-11-10-20-7-6-18-13-5-3-2-4-12(13)14(15,16)17/h2-5,18H,6-11H2,1H3. The van der Waals surface area contributed by atoms with Crippen LogP contribution in [0.25, 0.3) is 0 Å². The van der Waals surface area contributed by atoms with Crippen LogP contribution in [0.15, 0.2) is 24.3 Å². The van der Waals surface area contributed by atoms with E-state index in [9.17, 15) is 13.2 Å². The first-order valence-corrected chi connectivity index (χ1v) is 6.60. The lowest BCUT2D eigenvalue weighted by atomic mass is 10.1. The summed E-state index contributed by atoms with van der Waals surface area (Å²) in [6.07, 6.45) is -4.36. The third kappa shape index (κ3) is 7.31. The molecule has 0 spiro atoms. The van der Waals surface area contributed by atoms with Crippen molar-refractivity contribution in [3.8, 4) is 0 Å². The fourth-order valence-electron chi connectivity index (χ4n) is 1.61. The van der Waals surface area contributed by atoms with E-state index >= 15 is 0 Å². The molecule has 21 heavy (non-hydrogen) atoms. The van der Waals surface area contributed by atoms with Crippen molar-refractivity contribution >= 4 is 5.69 Å². The molecule has 1 rings (SSSR count). The van der Waals surface area contributed by atoms with Crippen LogP contribution in [0, 0.1) is 0 Å². The Kier molecular flexibility index (Phi) is 8.11. The maximum Gasteiger partial charge on any atom is 0.418 e. The Labute approximate surface area is 122 Å². The van der Waals surface area contributed by atoms with Gasteiger partial charge in [-0.1, -0.05) is 12.1 Å². The molecular formula is C14H20F3NO3. The van der Waals surface area contributed by atoms with Gasteiger partial charge >= 0.3 is 6.18 Å². The predicted octanol–water partition coefficient (Wildman–Crippen LogP) is 2.80. The molecule has 7 heteroatoms. The summed E-state index contributed by atoms with van der Waals surface area (Å²) >= 11 is 0. The lowest BCUT2D eigenvalue weighted by molar-refractivity contribution is -0.137. The quantitative estimate of drug-likeness (QED) is 0.675. The predicted molar refractivity (Wildman–Crippen MR) is 73.4 cm³/mol. The lowest BCUT2D eigenvalue weighted by Crippen LogP contribution is -2.16. The van der Waals surface area contributed by atoms with Gasteiger partial charge in [0.2, 0.25) is 0 Å². The van der Waals surface area contributed by atoms with E-state index in [0.717, 1.165) is 6.07 Å². The first-order valence-electron chi connectivity index (χ1n) is 6.60. The van der Waals surface area contributed by atoms with Gasteiger partial charge in [0.05, 0.1) is 38.6 Å². The highest BCUT2D eigenvalue weighted by Crippen LogP contribution is 2.34. The summed E-state index contributed by atoms with van der Waals surface area (Å²) in [7, 11) is 1.59. The van der Waals surface area contributed by atoms with E-state index in [4.69, 9.17) is 14.2 Å². The summed E-state index contributed by atoms with van der Waals surface area (Å²) in [4.78, 5) is 0. The zero-order valence-corrected chi connectivity index (χ0v) is 11.9. The Morgan fingerprint density at radius 1 is 0.952 bits per heavy atom. The van der Waals surface area contributed by atoms with E-state index in [2.05, 4.69) is 5.32 Å². The van der Waals surface area contributed by atoms with Crippen molar-refractivity contribution in [1.82, 2.24) is 0 Å². The molecule has 0 radical (unpaired) electrons. The van der Waals surface area contributed by atoms with E-state index in [-0.39, 0.29) is 5.69 Å². The first-order chi connectivity index (χ1) is 10.1. The third-order valence-corrected chi connectivity index (χ3v) is 2.60. The molecule has 4 nitrogen and oxygen atoms in total. The number of para-hydroxylation sites is 1. The van der Waals surface area contributed by atoms with Gasteiger partial charge in [-0.05, 0) is 12.1 Å². The maximum absolute atomic E-state index is 12.7. The highest BCUT2D eigenvalue weighted by Gasteiger charge is 2.32. The first kappa shape index (κ1) is 17.7. The average molecular weight is 307 g/mol. The topological polar surface area (TPSA) is 39.7 Å². The summed E-state index contributed by atoms with van der Waals surface area (Å²) in [5.41, 5.74) is -0.613. The van der Waals surface area contributed by atoms with Crippen LogP contribution >= 0.6 is 0 Å². The smallest absolute Gasteiger partial charge is 0.382 e. The Hall–Kier alpha value is -1.31. The average Bonchev–Trinajstić information content (AvgIpc) is 2.45. The Morgan fingerprint density at radius 2 is 1.57 bits per heavy atom. The van der Waals surface area contributed by atoms with Crippen LogP contribution in [0.3, 0.4) is 0 Å². The zero-order valence-electron chi connectivity index (χ0n) is 11.9. The molecule has 0 heterocycles. The van der Waals surface area contributed by atoms with Crippen LogP contribution in [0.1, 0.15) is 5.56 Å². The van der Waals surface area contributed by atoms with E-state index in [1.54, 1.807) is 13.2 Å². The normalized spacial score (nSPS) is 11.6. The molecule has 0 bridgehead atoms. The second kappa shape index (κ2) is 9.59. The van der Waals surface area contributed by atoms with Gasteiger partial charge < -0.3 is 19.5 Å². The van der Waals surface area contributed by atoms with Gasteiger partial charge in [-0.15, -0.1) is 0 Å². The van der Waals surface area contributed by atoms with Gasteiger partial charge in [-0.2, -0.15) is 13.2 Å². The maximum atomic E-state index is 12.7. The highest BCUT2D eigenvalue weighted by molar-refractivity contribution is 5.52. The van der Waals surface area contributed by atoms with Crippen molar-refractivity contribution in [2.24, 2.45) is 0 Å². The molecule has 1 aromatic rings. The second-order valence-electron chi connectivity index (χ2n) is 4.19. The number of benzene rings is 1. The molecule has 0 atom stereocenters. The van der Waals surface area contributed by atoms with E-state index < -0.39 is 11.7 Å². The van der Waals surface area contributed by atoms with Crippen LogP contribution in [-0.4, -0.2) is 46.7 Å². The van der Waals surface area contributed by atoms with Crippen molar-refractivity contribution in [3.05, 3.63) is 29.8 Å². The molecule has 0 amide bonds. The molecule has 120 valence electrons. The monoisotopic (exact) mass is 307 g/mol. The highest BCUT2D eigenvalue weighted by atomic mass is 19.4. The minimum Gasteiger partial charge on any atom is -0.382 e. The number of methoxy groups -OCH3 is 1. The van der Waals surface area contributed by atoms with Gasteiger partial charge in [0.1, 0.15) is 0 Å². The molecule has 0 aromatic heterocycles. The van der Waals surface area contributed by atoms with Crippen molar-refractivity contribution in [2.45, 2.75) is 6.18 Å². The number of anilines is 1. The van der Waals surface area contributed by atoms with Crippen LogP contribution in [0.5, 0.6) is 0 Å².